The summed E-state index contributed by atoms with van der Waals surface area (Å²) in [6, 6.07) is 4.28. The normalized spacial score (nSPS) is 11.2. The Balaban J connectivity index is 2.51. The number of carboxylic acids is 1. The predicted molar refractivity (Wildman–Crippen MR) is 77.4 cm³/mol. The molecule has 0 bridgehead atoms. The zero-order chi connectivity index (χ0) is 16.5. The van der Waals surface area contributed by atoms with Crippen LogP contribution in [-0.2, 0) is 15.0 Å². The van der Waals surface area contributed by atoms with Gasteiger partial charge in [0, 0.05) is 30.4 Å². The fraction of sp³-hybridized carbons (Fsp3) is 0.0833. The van der Waals surface area contributed by atoms with Crippen molar-refractivity contribution >= 4 is 27.9 Å². The third kappa shape index (κ3) is 3.13. The van der Waals surface area contributed by atoms with E-state index in [1.54, 1.807) is 0 Å². The molecule has 2 heterocycles. The second-order valence-corrected chi connectivity index (χ2v) is 5.76. The molecule has 2 aromatic rings. The van der Waals surface area contributed by atoms with E-state index in [9.17, 15) is 23.1 Å². The number of amides is 1. The number of anilines is 1. The van der Waals surface area contributed by atoms with Crippen LogP contribution in [0.1, 0.15) is 17.4 Å². The second kappa shape index (κ2) is 5.58. The van der Waals surface area contributed by atoms with Gasteiger partial charge in [-0.25, -0.2) is 18.9 Å². The second-order valence-electron chi connectivity index (χ2n) is 4.34. The van der Waals surface area contributed by atoms with E-state index in [2.05, 4.69) is 10.3 Å². The van der Waals surface area contributed by atoms with Crippen molar-refractivity contribution in [1.29, 1.82) is 0 Å². The molecule has 0 aromatic carbocycles. The standard InChI is InChI=1S/C12H12N4O5S/c1-7(17)15-10-3-2-8(6-14-10)9-4-5-16(22(13,20)21)11(9)12(18)19/h2-6H,1H3,(H,18,19)(H2,13,20,21)(H,14,15,17). The lowest BCUT2D eigenvalue weighted by Crippen LogP contribution is -2.24. The fourth-order valence-electron chi connectivity index (χ4n) is 1.88. The topological polar surface area (TPSA) is 144 Å². The molecule has 0 aliphatic rings. The van der Waals surface area contributed by atoms with Crippen molar-refractivity contribution in [2.75, 3.05) is 5.32 Å². The lowest BCUT2D eigenvalue weighted by atomic mass is 10.1. The van der Waals surface area contributed by atoms with Gasteiger partial charge in [0.05, 0.1) is 0 Å². The average molecular weight is 324 g/mol. The van der Waals surface area contributed by atoms with Crippen molar-refractivity contribution in [3.63, 3.8) is 0 Å². The Morgan fingerprint density at radius 2 is 2.00 bits per heavy atom. The van der Waals surface area contributed by atoms with Gasteiger partial charge in [-0.1, -0.05) is 0 Å². The van der Waals surface area contributed by atoms with Crippen molar-refractivity contribution in [1.82, 2.24) is 8.96 Å². The summed E-state index contributed by atoms with van der Waals surface area (Å²) < 4.78 is 23.3. The quantitative estimate of drug-likeness (QED) is 0.735. The Bertz CT molecular complexity index is 839. The highest BCUT2D eigenvalue weighted by Gasteiger charge is 2.22. The number of nitrogens with zero attached hydrogens (tertiary/aromatic N) is 2. The molecule has 0 aliphatic carbocycles. The molecule has 0 saturated heterocycles. The molecule has 0 spiro atoms. The minimum atomic E-state index is -4.23. The zero-order valence-electron chi connectivity index (χ0n) is 11.3. The highest BCUT2D eigenvalue weighted by molar-refractivity contribution is 7.87. The van der Waals surface area contributed by atoms with Crippen LogP contribution in [0.5, 0.6) is 0 Å². The minimum absolute atomic E-state index is 0.142. The maximum absolute atomic E-state index is 11.4. The van der Waals surface area contributed by atoms with Gasteiger partial charge >= 0.3 is 16.2 Å². The summed E-state index contributed by atoms with van der Waals surface area (Å²) in [4.78, 5) is 26.2. The van der Waals surface area contributed by atoms with E-state index in [1.165, 1.54) is 31.3 Å². The van der Waals surface area contributed by atoms with E-state index in [0.29, 0.717) is 15.4 Å². The number of aromatic nitrogens is 2. The summed E-state index contributed by atoms with van der Waals surface area (Å²) in [6.45, 7) is 1.32. The summed E-state index contributed by atoms with van der Waals surface area (Å²) in [7, 11) is -4.23. The molecular formula is C12H12N4O5S. The van der Waals surface area contributed by atoms with E-state index in [-0.39, 0.29) is 11.5 Å². The van der Waals surface area contributed by atoms with E-state index in [0.717, 1.165) is 6.20 Å². The Labute approximate surface area is 125 Å². The maximum Gasteiger partial charge on any atom is 0.354 e. The summed E-state index contributed by atoms with van der Waals surface area (Å²) in [5, 5.41) is 16.7. The van der Waals surface area contributed by atoms with Crippen LogP contribution < -0.4 is 10.5 Å². The van der Waals surface area contributed by atoms with Gasteiger partial charge in [-0.3, -0.25) is 4.79 Å². The number of carbonyl (C=O) groups is 2. The molecule has 2 rings (SSSR count). The Hall–Kier alpha value is -2.72. The molecule has 2 aromatic heterocycles. The van der Waals surface area contributed by atoms with Crippen LogP contribution >= 0.6 is 0 Å². The van der Waals surface area contributed by atoms with Gasteiger partial charge in [0.2, 0.25) is 5.91 Å². The molecule has 22 heavy (non-hydrogen) atoms. The molecule has 9 nitrogen and oxygen atoms in total. The van der Waals surface area contributed by atoms with Crippen LogP contribution in [0.4, 0.5) is 5.82 Å². The molecule has 0 unspecified atom stereocenters. The maximum atomic E-state index is 11.4. The number of aromatic carboxylic acids is 1. The molecule has 0 saturated carbocycles. The number of pyridine rings is 1. The Morgan fingerprint density at radius 1 is 1.32 bits per heavy atom. The summed E-state index contributed by atoms with van der Waals surface area (Å²) in [5.41, 5.74) is 0.0221. The first-order chi connectivity index (χ1) is 10.2. The van der Waals surface area contributed by atoms with Gasteiger partial charge in [0.25, 0.3) is 0 Å². The zero-order valence-corrected chi connectivity index (χ0v) is 12.2. The number of nitrogens with two attached hydrogens (primary N) is 1. The number of nitrogens with one attached hydrogen (secondary N) is 1. The fourth-order valence-corrected chi connectivity index (χ4v) is 2.54. The van der Waals surface area contributed by atoms with Gasteiger partial charge in [-0.15, -0.1) is 0 Å². The molecule has 10 heteroatoms. The molecule has 0 aliphatic heterocycles. The van der Waals surface area contributed by atoms with Gasteiger partial charge in [-0.2, -0.15) is 8.42 Å². The van der Waals surface area contributed by atoms with Crippen molar-refractivity contribution in [3.8, 4) is 11.1 Å². The third-order valence-corrected chi connectivity index (χ3v) is 3.56. The average Bonchev–Trinajstić information content (AvgIpc) is 2.83. The van der Waals surface area contributed by atoms with Crippen LogP contribution in [-0.4, -0.2) is 34.4 Å². The first-order valence-corrected chi connectivity index (χ1v) is 7.42. The molecule has 0 fully saturated rings. The number of carboxylic acid groups (broad SMARTS) is 1. The molecule has 4 N–H and O–H groups in total. The van der Waals surface area contributed by atoms with Crippen LogP contribution in [0.2, 0.25) is 0 Å². The van der Waals surface area contributed by atoms with Crippen molar-refractivity contribution in [2.24, 2.45) is 5.14 Å². The van der Waals surface area contributed by atoms with Gasteiger partial charge < -0.3 is 10.4 Å². The minimum Gasteiger partial charge on any atom is -0.477 e. The Kier molecular flexibility index (Phi) is 3.97. The highest BCUT2D eigenvalue weighted by atomic mass is 32.2. The lowest BCUT2D eigenvalue weighted by molar-refractivity contribution is -0.114. The summed E-state index contributed by atoms with van der Waals surface area (Å²) >= 11 is 0. The predicted octanol–water partition coefficient (Wildman–Crippen LogP) is 0.258. The first-order valence-electron chi connectivity index (χ1n) is 5.92. The van der Waals surface area contributed by atoms with E-state index < -0.39 is 21.9 Å². The molecule has 0 radical (unpaired) electrons. The Morgan fingerprint density at radius 3 is 2.45 bits per heavy atom. The first kappa shape index (κ1) is 15.7. The number of carbonyl (C=O) groups excluding carboxylic acids is 1. The largest absolute Gasteiger partial charge is 0.477 e. The monoisotopic (exact) mass is 324 g/mol. The van der Waals surface area contributed by atoms with Crippen LogP contribution in [0.3, 0.4) is 0 Å². The van der Waals surface area contributed by atoms with Gasteiger partial charge in [0.15, 0.2) is 5.69 Å². The van der Waals surface area contributed by atoms with Crippen LogP contribution in [0.25, 0.3) is 11.1 Å². The number of hydrogen-bond donors (Lipinski definition) is 3. The van der Waals surface area contributed by atoms with Gasteiger partial charge in [-0.05, 0) is 18.2 Å². The van der Waals surface area contributed by atoms with Crippen molar-refractivity contribution in [3.05, 3.63) is 36.3 Å². The van der Waals surface area contributed by atoms with Crippen molar-refractivity contribution in [2.45, 2.75) is 6.92 Å². The number of hydrogen-bond acceptors (Lipinski definition) is 5. The molecule has 116 valence electrons. The van der Waals surface area contributed by atoms with Crippen LogP contribution in [0, 0.1) is 0 Å². The van der Waals surface area contributed by atoms with Crippen LogP contribution in [0.15, 0.2) is 30.6 Å². The SMILES string of the molecule is CC(=O)Nc1ccc(-c2ccn(S(N)(=O)=O)c2C(=O)O)cn1. The molecule has 0 atom stereocenters. The lowest BCUT2D eigenvalue weighted by Gasteiger charge is -2.06. The molecular weight excluding hydrogens is 312 g/mol. The summed E-state index contributed by atoms with van der Waals surface area (Å²) in [6.07, 6.45) is 2.37. The van der Waals surface area contributed by atoms with E-state index in [1.807, 2.05) is 0 Å². The van der Waals surface area contributed by atoms with Gasteiger partial charge in [0.1, 0.15) is 5.82 Å². The molecule has 1 amide bonds. The third-order valence-electron chi connectivity index (χ3n) is 2.71. The van der Waals surface area contributed by atoms with E-state index in [4.69, 9.17) is 5.14 Å². The highest BCUT2D eigenvalue weighted by Crippen LogP contribution is 2.26. The smallest absolute Gasteiger partial charge is 0.354 e. The summed E-state index contributed by atoms with van der Waals surface area (Å²) in [5.74, 6) is -1.45. The number of rotatable bonds is 4. The van der Waals surface area contributed by atoms with E-state index >= 15 is 0 Å². The van der Waals surface area contributed by atoms with Crippen molar-refractivity contribution < 1.29 is 23.1 Å².